The van der Waals surface area contributed by atoms with Gasteiger partial charge in [0.2, 0.25) is 0 Å². The Kier molecular flexibility index (Phi) is 7.26. The summed E-state index contributed by atoms with van der Waals surface area (Å²) in [6.45, 7) is 4.48. The normalized spacial score (nSPS) is 13.1. The van der Waals surface area contributed by atoms with Crippen LogP contribution in [0, 0.1) is 6.92 Å². The summed E-state index contributed by atoms with van der Waals surface area (Å²) in [6.07, 6.45) is 4.01. The van der Waals surface area contributed by atoms with Crippen molar-refractivity contribution in [2.75, 3.05) is 5.32 Å². The predicted octanol–water partition coefficient (Wildman–Crippen LogP) is 6.40. The van der Waals surface area contributed by atoms with Gasteiger partial charge in [-0.1, -0.05) is 49.7 Å². The number of nitrogens with one attached hydrogen (secondary N) is 2. The summed E-state index contributed by atoms with van der Waals surface area (Å²) < 4.78 is 1.43. The number of rotatable bonds is 7. The van der Waals surface area contributed by atoms with Gasteiger partial charge in [-0.15, -0.1) is 0 Å². The Morgan fingerprint density at radius 1 is 1.03 bits per heavy atom. The average Bonchev–Trinajstić information content (AvgIpc) is 3.32. The lowest BCUT2D eigenvalue weighted by Crippen LogP contribution is -2.31. The molecule has 2 amide bonds. The molecule has 1 saturated carbocycles. The van der Waals surface area contributed by atoms with Gasteiger partial charge in [0.25, 0.3) is 5.91 Å². The van der Waals surface area contributed by atoms with Crippen molar-refractivity contribution in [2.24, 2.45) is 0 Å². The van der Waals surface area contributed by atoms with Crippen molar-refractivity contribution in [3.8, 4) is 17.0 Å². The van der Waals surface area contributed by atoms with Crippen molar-refractivity contribution in [1.29, 1.82) is 0 Å². The number of aromatic nitrogens is 2. The van der Waals surface area contributed by atoms with Gasteiger partial charge in [-0.2, -0.15) is 9.78 Å². The summed E-state index contributed by atoms with van der Waals surface area (Å²) in [7, 11) is 0. The van der Waals surface area contributed by atoms with Crippen LogP contribution in [-0.2, 0) is 13.0 Å². The molecule has 0 aliphatic heterocycles. The molecule has 0 saturated heterocycles. The maximum absolute atomic E-state index is 13.2. The molecule has 1 fully saturated rings. The molecule has 1 aliphatic rings. The second-order valence-corrected chi connectivity index (χ2v) is 9.82. The first-order chi connectivity index (χ1) is 18.4. The van der Waals surface area contributed by atoms with Crippen LogP contribution in [0.1, 0.15) is 64.8 Å². The van der Waals surface area contributed by atoms with Crippen molar-refractivity contribution in [3.63, 3.8) is 0 Å². The zero-order chi connectivity index (χ0) is 26.6. The van der Waals surface area contributed by atoms with E-state index in [1.165, 1.54) is 10.7 Å². The number of carbonyl (C=O) groups excluding carboxylic acids is 2. The molecule has 194 valence electrons. The van der Waals surface area contributed by atoms with E-state index in [2.05, 4.69) is 22.7 Å². The number of nitrogens with zero attached hydrogens (tertiary/aromatic N) is 2. The van der Waals surface area contributed by atoms with Crippen LogP contribution >= 0.6 is 0 Å². The largest absolute Gasteiger partial charge is 0.507 e. The van der Waals surface area contributed by atoms with Gasteiger partial charge in [-0.25, -0.2) is 4.79 Å². The molecule has 7 heteroatoms. The quantitative estimate of drug-likeness (QED) is 0.252. The van der Waals surface area contributed by atoms with Gasteiger partial charge >= 0.3 is 6.03 Å². The Labute approximate surface area is 222 Å². The maximum atomic E-state index is 13.2. The van der Waals surface area contributed by atoms with Crippen LogP contribution in [0.25, 0.3) is 11.3 Å². The lowest BCUT2D eigenvalue weighted by Gasteiger charge is -2.25. The molecule has 1 heterocycles. The Morgan fingerprint density at radius 2 is 1.79 bits per heavy atom. The molecule has 1 aliphatic carbocycles. The van der Waals surface area contributed by atoms with Crippen LogP contribution in [0.4, 0.5) is 10.5 Å². The molecule has 0 radical (unpaired) electrons. The molecular formula is C31H32N4O3. The van der Waals surface area contributed by atoms with Crippen LogP contribution < -0.4 is 10.6 Å². The molecule has 38 heavy (non-hydrogen) atoms. The van der Waals surface area contributed by atoms with Crippen LogP contribution in [0.5, 0.6) is 5.75 Å². The number of hydrogen-bond donors (Lipinski definition) is 3. The van der Waals surface area contributed by atoms with Gasteiger partial charge in [0.15, 0.2) is 0 Å². The predicted molar refractivity (Wildman–Crippen MR) is 149 cm³/mol. The fourth-order valence-corrected chi connectivity index (χ4v) is 4.65. The zero-order valence-electron chi connectivity index (χ0n) is 21.7. The lowest BCUT2D eigenvalue weighted by molar-refractivity contribution is 0.102. The van der Waals surface area contributed by atoms with Crippen molar-refractivity contribution >= 4 is 17.6 Å². The van der Waals surface area contributed by atoms with E-state index in [0.29, 0.717) is 29.1 Å². The van der Waals surface area contributed by atoms with Crippen LogP contribution in [0.15, 0.2) is 72.8 Å². The maximum Gasteiger partial charge on any atom is 0.342 e. The van der Waals surface area contributed by atoms with Crippen molar-refractivity contribution in [3.05, 3.63) is 101 Å². The second-order valence-electron chi connectivity index (χ2n) is 9.82. The molecule has 1 aromatic heterocycles. The van der Waals surface area contributed by atoms with Gasteiger partial charge in [-0.05, 0) is 79.3 Å². The van der Waals surface area contributed by atoms with E-state index in [4.69, 9.17) is 0 Å². The van der Waals surface area contributed by atoms with Crippen LogP contribution in [0.3, 0.4) is 0 Å². The zero-order valence-corrected chi connectivity index (χ0v) is 21.7. The minimum Gasteiger partial charge on any atom is -0.507 e. The Bertz CT molecular complexity index is 1470. The number of benzene rings is 3. The number of carbonyl (C=O) groups is 2. The molecule has 5 rings (SSSR count). The number of aromatic hydroxyl groups is 1. The number of amides is 2. The summed E-state index contributed by atoms with van der Waals surface area (Å²) in [4.78, 5) is 26.0. The van der Waals surface area contributed by atoms with Gasteiger partial charge in [0, 0.05) is 29.3 Å². The van der Waals surface area contributed by atoms with Crippen molar-refractivity contribution in [1.82, 2.24) is 15.1 Å². The average molecular weight is 509 g/mol. The third-order valence-corrected chi connectivity index (χ3v) is 7.30. The highest BCUT2D eigenvalue weighted by atomic mass is 16.3. The molecule has 3 aromatic carbocycles. The molecule has 3 N–H and O–H groups in total. The van der Waals surface area contributed by atoms with E-state index >= 15 is 0 Å². The molecular weight excluding hydrogens is 476 g/mol. The van der Waals surface area contributed by atoms with E-state index in [-0.39, 0.29) is 23.6 Å². The van der Waals surface area contributed by atoms with E-state index < -0.39 is 0 Å². The first-order valence-corrected chi connectivity index (χ1v) is 13.1. The van der Waals surface area contributed by atoms with Crippen LogP contribution in [-0.4, -0.2) is 26.8 Å². The fourth-order valence-electron chi connectivity index (χ4n) is 4.65. The fraction of sp³-hybridized carbons (Fsp3) is 0.258. The summed E-state index contributed by atoms with van der Waals surface area (Å²) in [6, 6.07) is 21.9. The summed E-state index contributed by atoms with van der Waals surface area (Å²) in [5.74, 6) is 0.0394. The van der Waals surface area contributed by atoms with Crippen molar-refractivity contribution in [2.45, 2.75) is 52.0 Å². The van der Waals surface area contributed by atoms with Crippen molar-refractivity contribution < 1.29 is 14.7 Å². The minimum absolute atomic E-state index is 0.0282. The first-order valence-electron chi connectivity index (χ1n) is 13.1. The Hall–Kier alpha value is -4.39. The molecule has 0 bridgehead atoms. The minimum atomic E-state index is -0.305. The van der Waals surface area contributed by atoms with E-state index in [9.17, 15) is 14.7 Å². The second kappa shape index (κ2) is 10.9. The topological polar surface area (TPSA) is 96.2 Å². The van der Waals surface area contributed by atoms with E-state index in [0.717, 1.165) is 48.1 Å². The monoisotopic (exact) mass is 508 g/mol. The number of phenolic OH excluding ortho intramolecular Hbond substituents is 1. The van der Waals surface area contributed by atoms with Crippen LogP contribution in [0.2, 0.25) is 0 Å². The highest BCUT2D eigenvalue weighted by molar-refractivity contribution is 6.04. The third kappa shape index (κ3) is 5.32. The highest BCUT2D eigenvalue weighted by Gasteiger charge is 2.27. The third-order valence-electron chi connectivity index (χ3n) is 7.30. The molecule has 0 atom stereocenters. The lowest BCUT2D eigenvalue weighted by atomic mass is 9.82. The van der Waals surface area contributed by atoms with Gasteiger partial charge < -0.3 is 15.7 Å². The number of phenols is 1. The number of aryl methyl sites for hydroxylation is 2. The SMILES string of the molecule is CCc1ccc(C(=O)Nc2ccc(O)c(-c3cc(C4CCC4)n(C(=O)NCc4ccccc4C)n3)c2)cc1. The first kappa shape index (κ1) is 25.3. The van der Waals surface area contributed by atoms with Gasteiger partial charge in [0.05, 0.1) is 11.4 Å². The highest BCUT2D eigenvalue weighted by Crippen LogP contribution is 2.39. The molecule has 4 aromatic rings. The molecule has 0 unspecified atom stereocenters. The molecule has 0 spiro atoms. The summed E-state index contributed by atoms with van der Waals surface area (Å²) in [5.41, 5.74) is 6.17. The van der Waals surface area contributed by atoms with Gasteiger partial charge in [0.1, 0.15) is 5.75 Å². The molecule has 7 nitrogen and oxygen atoms in total. The summed E-state index contributed by atoms with van der Waals surface area (Å²) in [5, 5.41) is 21.2. The summed E-state index contributed by atoms with van der Waals surface area (Å²) >= 11 is 0. The Morgan fingerprint density at radius 3 is 2.47 bits per heavy atom. The standard InChI is InChI=1S/C31H32N4O3/c1-3-21-11-13-23(14-12-21)30(37)33-25-15-16-29(36)26(17-25)27-18-28(22-9-6-10-22)35(34-27)31(38)32-19-24-8-5-4-7-20(24)2/h4-5,7-8,11-18,22,36H,3,6,9-10,19H2,1-2H3,(H,32,38)(H,33,37). The number of anilines is 1. The number of hydrogen-bond acceptors (Lipinski definition) is 4. The van der Waals surface area contributed by atoms with E-state index in [1.807, 2.05) is 49.4 Å². The Balaban J connectivity index is 1.39. The van der Waals surface area contributed by atoms with Gasteiger partial charge in [-0.3, -0.25) is 4.79 Å². The smallest absolute Gasteiger partial charge is 0.342 e. The van der Waals surface area contributed by atoms with E-state index in [1.54, 1.807) is 24.3 Å².